The topological polar surface area (TPSA) is 53.1 Å². The molecule has 0 fully saturated rings. The van der Waals surface area contributed by atoms with Crippen molar-refractivity contribution in [3.8, 4) is 17.0 Å². The van der Waals surface area contributed by atoms with Crippen LogP contribution in [0.5, 0.6) is 5.75 Å². The standard InChI is InChI=1S/C16H22BrN3O/c1-6-20-14(18)13(19-15(20)16(2,3)4)10-7-8-12(21-5)11(17)9-10/h7-9H,6,18H2,1-5H3. The summed E-state index contributed by atoms with van der Waals surface area (Å²) in [6.45, 7) is 9.34. The molecule has 0 aliphatic rings. The maximum atomic E-state index is 6.32. The van der Waals surface area contributed by atoms with Gasteiger partial charge in [0.2, 0.25) is 0 Å². The number of aromatic nitrogens is 2. The van der Waals surface area contributed by atoms with E-state index < -0.39 is 0 Å². The maximum Gasteiger partial charge on any atom is 0.133 e. The number of rotatable bonds is 3. The molecule has 5 heteroatoms. The van der Waals surface area contributed by atoms with Gasteiger partial charge in [0.1, 0.15) is 23.1 Å². The Hall–Kier alpha value is -1.49. The van der Waals surface area contributed by atoms with Crippen LogP contribution in [0.1, 0.15) is 33.5 Å². The Morgan fingerprint density at radius 2 is 2.00 bits per heavy atom. The van der Waals surface area contributed by atoms with Crippen molar-refractivity contribution in [1.82, 2.24) is 9.55 Å². The number of imidazole rings is 1. The van der Waals surface area contributed by atoms with Gasteiger partial charge in [-0.15, -0.1) is 0 Å². The van der Waals surface area contributed by atoms with Crippen LogP contribution >= 0.6 is 15.9 Å². The van der Waals surface area contributed by atoms with Crippen LogP contribution in [0.2, 0.25) is 0 Å². The van der Waals surface area contributed by atoms with Crippen LogP contribution in [0, 0.1) is 0 Å². The van der Waals surface area contributed by atoms with Crippen LogP contribution < -0.4 is 10.5 Å². The number of anilines is 1. The zero-order valence-corrected chi connectivity index (χ0v) is 14.8. The monoisotopic (exact) mass is 351 g/mol. The highest BCUT2D eigenvalue weighted by molar-refractivity contribution is 9.10. The minimum absolute atomic E-state index is 0.0495. The fraction of sp³-hybridized carbons (Fsp3) is 0.438. The van der Waals surface area contributed by atoms with E-state index in [1.807, 2.05) is 18.2 Å². The largest absolute Gasteiger partial charge is 0.496 e. The highest BCUT2D eigenvalue weighted by atomic mass is 79.9. The van der Waals surface area contributed by atoms with Gasteiger partial charge in [0, 0.05) is 17.5 Å². The predicted octanol–water partition coefficient (Wildman–Crippen LogP) is 4.22. The molecule has 0 unspecified atom stereocenters. The molecule has 0 spiro atoms. The Labute approximate surface area is 134 Å². The SMILES string of the molecule is CCn1c(C(C)(C)C)nc(-c2ccc(OC)c(Br)c2)c1N. The fourth-order valence-electron chi connectivity index (χ4n) is 2.38. The zero-order chi connectivity index (χ0) is 15.8. The van der Waals surface area contributed by atoms with Crippen molar-refractivity contribution in [3.05, 3.63) is 28.5 Å². The van der Waals surface area contributed by atoms with Gasteiger partial charge in [0.15, 0.2) is 0 Å². The first-order chi connectivity index (χ1) is 9.79. The van der Waals surface area contributed by atoms with E-state index in [0.29, 0.717) is 5.82 Å². The van der Waals surface area contributed by atoms with Crippen molar-refractivity contribution >= 4 is 21.7 Å². The summed E-state index contributed by atoms with van der Waals surface area (Å²) in [6, 6.07) is 5.89. The van der Waals surface area contributed by atoms with Gasteiger partial charge >= 0.3 is 0 Å². The summed E-state index contributed by atoms with van der Waals surface area (Å²) in [5.41, 5.74) is 8.08. The Balaban J connectivity index is 2.60. The van der Waals surface area contributed by atoms with Crippen LogP contribution in [0.4, 0.5) is 5.82 Å². The number of hydrogen-bond donors (Lipinski definition) is 1. The molecule has 0 saturated carbocycles. The van der Waals surface area contributed by atoms with E-state index in [9.17, 15) is 0 Å². The molecule has 1 aromatic heterocycles. The predicted molar refractivity (Wildman–Crippen MR) is 90.7 cm³/mol. The van der Waals surface area contributed by atoms with E-state index in [-0.39, 0.29) is 5.41 Å². The lowest BCUT2D eigenvalue weighted by Crippen LogP contribution is -2.19. The van der Waals surface area contributed by atoms with E-state index in [2.05, 4.69) is 48.2 Å². The molecule has 114 valence electrons. The van der Waals surface area contributed by atoms with Gasteiger partial charge in [-0.2, -0.15) is 0 Å². The summed E-state index contributed by atoms with van der Waals surface area (Å²) in [6.07, 6.45) is 0. The average Bonchev–Trinajstić information content (AvgIpc) is 2.75. The number of methoxy groups -OCH3 is 1. The van der Waals surface area contributed by atoms with Gasteiger partial charge < -0.3 is 15.0 Å². The molecule has 4 nitrogen and oxygen atoms in total. The molecule has 1 aromatic carbocycles. The molecule has 21 heavy (non-hydrogen) atoms. The number of nitrogens with two attached hydrogens (primary N) is 1. The molecule has 0 aliphatic carbocycles. The molecular weight excluding hydrogens is 330 g/mol. The Kier molecular flexibility index (Phi) is 4.33. The third kappa shape index (κ3) is 2.93. The molecule has 2 rings (SSSR count). The summed E-state index contributed by atoms with van der Waals surface area (Å²) < 4.78 is 8.24. The highest BCUT2D eigenvalue weighted by Gasteiger charge is 2.25. The van der Waals surface area contributed by atoms with E-state index in [0.717, 1.165) is 33.8 Å². The summed E-state index contributed by atoms with van der Waals surface area (Å²) in [5.74, 6) is 2.51. The highest BCUT2D eigenvalue weighted by Crippen LogP contribution is 2.35. The first kappa shape index (κ1) is 15.9. The molecule has 0 bridgehead atoms. The number of benzene rings is 1. The van der Waals surface area contributed by atoms with Gasteiger partial charge in [-0.3, -0.25) is 0 Å². The van der Waals surface area contributed by atoms with Crippen LogP contribution in [-0.4, -0.2) is 16.7 Å². The van der Waals surface area contributed by atoms with Gasteiger partial charge in [-0.1, -0.05) is 20.8 Å². The molecule has 2 aromatic rings. The minimum atomic E-state index is -0.0495. The maximum absolute atomic E-state index is 6.32. The minimum Gasteiger partial charge on any atom is -0.496 e. The van der Waals surface area contributed by atoms with E-state index in [1.54, 1.807) is 7.11 Å². The van der Waals surface area contributed by atoms with Crippen molar-refractivity contribution in [1.29, 1.82) is 0 Å². The number of nitrogens with zero attached hydrogens (tertiary/aromatic N) is 2. The Morgan fingerprint density at radius 1 is 1.33 bits per heavy atom. The van der Waals surface area contributed by atoms with E-state index in [1.165, 1.54) is 0 Å². The normalized spacial score (nSPS) is 11.7. The summed E-state index contributed by atoms with van der Waals surface area (Å²) in [7, 11) is 1.65. The van der Waals surface area contributed by atoms with Gasteiger partial charge in [0.25, 0.3) is 0 Å². The second-order valence-corrected chi connectivity index (χ2v) is 6.87. The van der Waals surface area contributed by atoms with Crippen molar-refractivity contribution < 1.29 is 4.74 Å². The molecule has 0 aliphatic heterocycles. The van der Waals surface area contributed by atoms with Crippen LogP contribution in [0.15, 0.2) is 22.7 Å². The molecule has 2 N–H and O–H groups in total. The molecular formula is C16H22BrN3O. The smallest absolute Gasteiger partial charge is 0.133 e. The molecule has 1 heterocycles. The first-order valence-corrected chi connectivity index (χ1v) is 7.79. The lowest BCUT2D eigenvalue weighted by Gasteiger charge is -2.19. The number of nitrogen functional groups attached to an aromatic ring is 1. The quantitative estimate of drug-likeness (QED) is 0.900. The first-order valence-electron chi connectivity index (χ1n) is 7.00. The van der Waals surface area contributed by atoms with E-state index >= 15 is 0 Å². The second-order valence-electron chi connectivity index (χ2n) is 6.01. The van der Waals surface area contributed by atoms with Gasteiger partial charge in [-0.05, 0) is 41.1 Å². The van der Waals surface area contributed by atoms with Crippen molar-refractivity contribution in [2.75, 3.05) is 12.8 Å². The average molecular weight is 352 g/mol. The van der Waals surface area contributed by atoms with Crippen molar-refractivity contribution in [2.45, 2.75) is 39.7 Å². The second kappa shape index (κ2) is 5.72. The number of ether oxygens (including phenoxy) is 1. The summed E-state index contributed by atoms with van der Waals surface area (Å²) >= 11 is 3.51. The van der Waals surface area contributed by atoms with Crippen LogP contribution in [0.3, 0.4) is 0 Å². The van der Waals surface area contributed by atoms with E-state index in [4.69, 9.17) is 15.5 Å². The summed E-state index contributed by atoms with van der Waals surface area (Å²) in [5, 5.41) is 0. The van der Waals surface area contributed by atoms with Gasteiger partial charge in [0.05, 0.1) is 11.6 Å². The van der Waals surface area contributed by atoms with Gasteiger partial charge in [-0.25, -0.2) is 4.98 Å². The Morgan fingerprint density at radius 3 is 2.43 bits per heavy atom. The summed E-state index contributed by atoms with van der Waals surface area (Å²) in [4.78, 5) is 4.80. The number of halogens is 1. The molecule has 0 amide bonds. The lowest BCUT2D eigenvalue weighted by atomic mass is 9.95. The third-order valence-corrected chi connectivity index (χ3v) is 4.04. The molecule has 0 radical (unpaired) electrons. The molecule has 0 saturated heterocycles. The van der Waals surface area contributed by atoms with Crippen LogP contribution in [-0.2, 0) is 12.0 Å². The zero-order valence-electron chi connectivity index (χ0n) is 13.2. The third-order valence-electron chi connectivity index (χ3n) is 3.42. The Bertz CT molecular complexity index is 656. The van der Waals surface area contributed by atoms with Crippen molar-refractivity contribution in [2.24, 2.45) is 0 Å². The van der Waals surface area contributed by atoms with Crippen molar-refractivity contribution in [3.63, 3.8) is 0 Å². The van der Waals surface area contributed by atoms with Crippen LogP contribution in [0.25, 0.3) is 11.3 Å². The molecule has 0 atom stereocenters. The lowest BCUT2D eigenvalue weighted by molar-refractivity contribution is 0.412. The number of hydrogen-bond acceptors (Lipinski definition) is 3. The fourth-order valence-corrected chi connectivity index (χ4v) is 2.92.